The Labute approximate surface area is 137 Å². The molecule has 8 nitrogen and oxygen atoms in total. The standard InChI is InChI=1S/C14H18N4O4S/c1-10-12(4-3-5-15-22)13(20)18(23-10)14(21)17-8-6-16(7-9-17)11(2)19/h3-5,22H,6-9H2,1-2H3/b4-3-,15-5+. The second kappa shape index (κ2) is 7.23. The van der Waals surface area contributed by atoms with Gasteiger partial charge in [0.1, 0.15) is 0 Å². The number of amides is 2. The highest BCUT2D eigenvalue weighted by molar-refractivity contribution is 7.07. The predicted molar refractivity (Wildman–Crippen MR) is 87.2 cm³/mol. The fraction of sp³-hybridized carbons (Fsp3) is 0.429. The van der Waals surface area contributed by atoms with E-state index in [0.29, 0.717) is 36.6 Å². The third-order valence-electron chi connectivity index (χ3n) is 3.61. The summed E-state index contributed by atoms with van der Waals surface area (Å²) in [5.41, 5.74) is -0.000269. The molecule has 0 atom stereocenters. The Hall–Kier alpha value is -2.42. The molecule has 0 bridgehead atoms. The molecule has 0 radical (unpaired) electrons. The minimum Gasteiger partial charge on any atom is -0.411 e. The van der Waals surface area contributed by atoms with Crippen LogP contribution in [0.1, 0.15) is 17.4 Å². The molecule has 1 aliphatic heterocycles. The molecule has 0 aromatic carbocycles. The number of rotatable bonds is 2. The molecule has 124 valence electrons. The molecule has 2 heterocycles. The zero-order chi connectivity index (χ0) is 17.0. The van der Waals surface area contributed by atoms with Gasteiger partial charge in [-0.25, -0.2) is 4.79 Å². The molecular weight excluding hydrogens is 320 g/mol. The Morgan fingerprint density at radius 1 is 1.22 bits per heavy atom. The van der Waals surface area contributed by atoms with Crippen molar-refractivity contribution in [2.75, 3.05) is 26.2 Å². The largest absolute Gasteiger partial charge is 0.411 e. The van der Waals surface area contributed by atoms with Gasteiger partial charge in [-0.2, -0.15) is 3.96 Å². The maximum Gasteiger partial charge on any atom is 0.340 e. The van der Waals surface area contributed by atoms with Gasteiger partial charge in [0, 0.05) is 38.0 Å². The number of aromatic nitrogens is 1. The summed E-state index contributed by atoms with van der Waals surface area (Å²) in [5, 5.41) is 11.2. The fourth-order valence-corrected chi connectivity index (χ4v) is 3.22. The molecule has 1 N–H and O–H groups in total. The fourth-order valence-electron chi connectivity index (χ4n) is 2.32. The SMILES string of the molecule is CC(=O)N1CCN(C(=O)n2sc(C)c(/C=C\C=N\O)c2=O)CC1. The topological polar surface area (TPSA) is 95.2 Å². The van der Waals surface area contributed by atoms with Crippen molar-refractivity contribution in [1.82, 2.24) is 13.8 Å². The van der Waals surface area contributed by atoms with E-state index in [0.717, 1.165) is 21.7 Å². The normalized spacial score (nSPS) is 15.7. The number of aryl methyl sites for hydroxylation is 1. The summed E-state index contributed by atoms with van der Waals surface area (Å²) in [5.74, 6) is -0.0146. The van der Waals surface area contributed by atoms with E-state index in [1.807, 2.05) is 0 Å². The van der Waals surface area contributed by atoms with Crippen LogP contribution < -0.4 is 5.56 Å². The monoisotopic (exact) mass is 338 g/mol. The molecule has 1 aliphatic rings. The molecule has 2 amide bonds. The minimum atomic E-state index is -0.394. The summed E-state index contributed by atoms with van der Waals surface area (Å²) < 4.78 is 1.12. The third-order valence-corrected chi connectivity index (χ3v) is 4.61. The quantitative estimate of drug-likeness (QED) is 0.491. The van der Waals surface area contributed by atoms with Gasteiger partial charge in [0.15, 0.2) is 0 Å². The first-order valence-electron chi connectivity index (χ1n) is 7.07. The molecule has 0 unspecified atom stereocenters. The Morgan fingerprint density at radius 2 is 1.83 bits per heavy atom. The summed E-state index contributed by atoms with van der Waals surface area (Å²) in [6.07, 6.45) is 4.08. The zero-order valence-electron chi connectivity index (χ0n) is 12.9. The number of piperazine rings is 1. The first kappa shape index (κ1) is 16.9. The average Bonchev–Trinajstić information content (AvgIpc) is 2.82. The highest BCUT2D eigenvalue weighted by Gasteiger charge is 2.25. The van der Waals surface area contributed by atoms with E-state index in [-0.39, 0.29) is 11.9 Å². The van der Waals surface area contributed by atoms with Gasteiger partial charge in [-0.3, -0.25) is 9.59 Å². The second-order valence-corrected chi connectivity index (χ2v) is 6.22. The maximum absolute atomic E-state index is 12.5. The number of nitrogens with zero attached hydrogens (tertiary/aromatic N) is 4. The van der Waals surface area contributed by atoms with Gasteiger partial charge >= 0.3 is 6.03 Å². The number of allylic oxidation sites excluding steroid dienone is 1. The van der Waals surface area contributed by atoms with Crippen LogP contribution in [0.2, 0.25) is 0 Å². The maximum atomic E-state index is 12.5. The van der Waals surface area contributed by atoms with Crippen LogP contribution in [0, 0.1) is 6.92 Å². The van der Waals surface area contributed by atoms with Crippen LogP contribution in [-0.2, 0) is 4.79 Å². The van der Waals surface area contributed by atoms with Crippen LogP contribution in [0.25, 0.3) is 6.08 Å². The number of oxime groups is 1. The summed E-state index contributed by atoms with van der Waals surface area (Å²) >= 11 is 1.08. The van der Waals surface area contributed by atoms with E-state index >= 15 is 0 Å². The number of hydrogen-bond donors (Lipinski definition) is 1. The molecule has 1 aromatic heterocycles. The van der Waals surface area contributed by atoms with Crippen LogP contribution >= 0.6 is 11.5 Å². The molecule has 2 rings (SSSR count). The predicted octanol–water partition coefficient (Wildman–Crippen LogP) is 0.824. The van der Waals surface area contributed by atoms with E-state index in [1.54, 1.807) is 16.7 Å². The van der Waals surface area contributed by atoms with Crippen molar-refractivity contribution in [2.24, 2.45) is 5.16 Å². The van der Waals surface area contributed by atoms with Crippen LogP contribution in [0.15, 0.2) is 16.0 Å². The Bertz CT molecular complexity index is 711. The highest BCUT2D eigenvalue weighted by Crippen LogP contribution is 2.14. The summed E-state index contributed by atoms with van der Waals surface area (Å²) in [6.45, 7) is 5.01. The van der Waals surface area contributed by atoms with E-state index in [1.165, 1.54) is 19.1 Å². The number of carbonyl (C=O) groups excluding carboxylic acids is 2. The van der Waals surface area contributed by atoms with Crippen molar-refractivity contribution < 1.29 is 14.8 Å². The van der Waals surface area contributed by atoms with Crippen molar-refractivity contribution in [1.29, 1.82) is 0 Å². The molecule has 23 heavy (non-hydrogen) atoms. The van der Waals surface area contributed by atoms with Gasteiger partial charge in [-0.1, -0.05) is 16.7 Å². The molecule has 1 aromatic rings. The molecule has 0 saturated carbocycles. The molecule has 0 spiro atoms. The van der Waals surface area contributed by atoms with Crippen molar-refractivity contribution in [3.05, 3.63) is 26.9 Å². The van der Waals surface area contributed by atoms with Crippen LogP contribution in [-0.4, -0.2) is 63.3 Å². The highest BCUT2D eigenvalue weighted by atomic mass is 32.1. The minimum absolute atomic E-state index is 0.0146. The Morgan fingerprint density at radius 3 is 2.39 bits per heavy atom. The average molecular weight is 338 g/mol. The van der Waals surface area contributed by atoms with E-state index in [9.17, 15) is 14.4 Å². The third kappa shape index (κ3) is 3.67. The van der Waals surface area contributed by atoms with E-state index < -0.39 is 5.56 Å². The van der Waals surface area contributed by atoms with Crippen molar-refractivity contribution in [3.63, 3.8) is 0 Å². The lowest BCUT2D eigenvalue weighted by Crippen LogP contribution is -2.51. The second-order valence-electron chi connectivity index (χ2n) is 5.06. The van der Waals surface area contributed by atoms with Gasteiger partial charge in [-0.05, 0) is 19.1 Å². The molecule has 1 saturated heterocycles. The molecule has 0 aliphatic carbocycles. The number of carbonyl (C=O) groups is 2. The van der Waals surface area contributed by atoms with Crippen molar-refractivity contribution in [3.8, 4) is 0 Å². The Balaban J connectivity index is 2.16. The van der Waals surface area contributed by atoms with Gasteiger partial charge in [-0.15, -0.1) is 0 Å². The first-order valence-corrected chi connectivity index (χ1v) is 7.85. The lowest BCUT2D eigenvalue weighted by Gasteiger charge is -2.33. The van der Waals surface area contributed by atoms with Crippen molar-refractivity contribution >= 4 is 35.8 Å². The molecule has 9 heteroatoms. The molecular formula is C14H18N4O4S. The molecule has 1 fully saturated rings. The Kier molecular flexibility index (Phi) is 5.32. The smallest absolute Gasteiger partial charge is 0.340 e. The van der Waals surface area contributed by atoms with Gasteiger partial charge in [0.2, 0.25) is 5.91 Å². The van der Waals surface area contributed by atoms with Gasteiger partial charge < -0.3 is 15.0 Å². The van der Waals surface area contributed by atoms with Crippen LogP contribution in [0.3, 0.4) is 0 Å². The summed E-state index contributed by atoms with van der Waals surface area (Å²) in [4.78, 5) is 40.1. The van der Waals surface area contributed by atoms with E-state index in [2.05, 4.69) is 5.16 Å². The van der Waals surface area contributed by atoms with Crippen molar-refractivity contribution in [2.45, 2.75) is 13.8 Å². The van der Waals surface area contributed by atoms with Gasteiger partial charge in [0.25, 0.3) is 5.56 Å². The van der Waals surface area contributed by atoms with Crippen LogP contribution in [0.5, 0.6) is 0 Å². The van der Waals surface area contributed by atoms with Crippen LogP contribution in [0.4, 0.5) is 4.79 Å². The lowest BCUT2D eigenvalue weighted by molar-refractivity contribution is -0.130. The number of hydrogen-bond acceptors (Lipinski definition) is 6. The first-order chi connectivity index (χ1) is 11.0. The lowest BCUT2D eigenvalue weighted by atomic mass is 10.2. The summed E-state index contributed by atoms with van der Waals surface area (Å²) in [7, 11) is 0. The summed E-state index contributed by atoms with van der Waals surface area (Å²) in [6, 6.07) is -0.373. The zero-order valence-corrected chi connectivity index (χ0v) is 13.7. The van der Waals surface area contributed by atoms with E-state index in [4.69, 9.17) is 5.21 Å². The van der Waals surface area contributed by atoms with Gasteiger partial charge in [0.05, 0.1) is 11.8 Å².